The van der Waals surface area contributed by atoms with E-state index in [0.717, 1.165) is 0 Å². The zero-order valence-corrected chi connectivity index (χ0v) is 30.6. The lowest BCUT2D eigenvalue weighted by molar-refractivity contribution is -0.142. The second-order valence-electron chi connectivity index (χ2n) is 14.8. The highest BCUT2D eigenvalue weighted by Crippen LogP contribution is 2.48. The average Bonchev–Trinajstić information content (AvgIpc) is 4.00. The smallest absolute Gasteiger partial charge is 0.405 e. The first-order chi connectivity index (χ1) is 25.1. The van der Waals surface area contributed by atoms with E-state index >= 15 is 0 Å². The minimum absolute atomic E-state index is 0.0303. The number of nitrogens with zero attached hydrogens (tertiary/aromatic N) is 2. The molecule has 14 nitrogen and oxygen atoms in total. The summed E-state index contributed by atoms with van der Waals surface area (Å²) in [5, 5.41) is 15.7. The van der Waals surface area contributed by atoms with E-state index in [0.29, 0.717) is 30.0 Å². The lowest BCUT2D eigenvalue weighted by Crippen LogP contribution is -2.59. The van der Waals surface area contributed by atoms with Crippen LogP contribution in [0, 0.1) is 23.6 Å². The maximum atomic E-state index is 14.9. The minimum atomic E-state index is -4.41. The topological polar surface area (TPSA) is 193 Å². The van der Waals surface area contributed by atoms with Crippen LogP contribution in [0.1, 0.15) is 65.7 Å². The van der Waals surface area contributed by atoms with Crippen LogP contribution in [-0.4, -0.2) is 95.5 Å². The van der Waals surface area contributed by atoms with Crippen molar-refractivity contribution >= 4 is 44.6 Å². The molecule has 3 heterocycles. The van der Waals surface area contributed by atoms with E-state index in [2.05, 4.69) is 15.6 Å². The second-order valence-corrected chi connectivity index (χ2v) is 16.9. The van der Waals surface area contributed by atoms with Crippen molar-refractivity contribution in [2.45, 2.75) is 94.2 Å². The summed E-state index contributed by atoms with van der Waals surface area (Å²) >= 11 is 0. The van der Waals surface area contributed by atoms with Crippen molar-refractivity contribution in [3.63, 3.8) is 0 Å². The summed E-state index contributed by atoms with van der Waals surface area (Å²) < 4.78 is 66.8. The standard InChI is InChI=1S/C36H45F2N5O9S/c1-4-51-28-14-22-9-12-39-31(25(22)16-26(28)38)52-24-15-27-30(44)41-36(33(46)42-53(49,50)35(19-37)10-11-35)17-23(36)8-6-5-7-20(2)13-21(3)29(40-34(47)48)32(45)43(27)18-24/h6,8-9,12,14,16,20-21,23-24,27,29,40H,4-5,7,10-11,13,15,17-19H2,1-3H3,(H,41,44)(H,42,46)(H,47,48)/t20-,21-,23-,24-,27+,29+,36-/m1/s1. The van der Waals surface area contributed by atoms with E-state index in [1.165, 1.54) is 23.2 Å². The van der Waals surface area contributed by atoms with E-state index in [9.17, 15) is 41.5 Å². The number of benzene rings is 1. The van der Waals surface area contributed by atoms with Crippen molar-refractivity contribution in [2.24, 2.45) is 17.8 Å². The number of nitrogens with one attached hydrogen (secondary N) is 3. The predicted octanol–water partition coefficient (Wildman–Crippen LogP) is 3.59. The van der Waals surface area contributed by atoms with Crippen LogP contribution < -0.4 is 24.8 Å². The quantitative estimate of drug-likeness (QED) is 0.275. The largest absolute Gasteiger partial charge is 0.491 e. The van der Waals surface area contributed by atoms with Gasteiger partial charge in [0.05, 0.1) is 13.2 Å². The van der Waals surface area contributed by atoms with Crippen LogP contribution in [0.4, 0.5) is 13.6 Å². The number of aromatic nitrogens is 1. The molecule has 7 atom stereocenters. The molecule has 0 bridgehead atoms. The molecule has 4 aliphatic rings. The number of rotatable bonds is 9. The van der Waals surface area contributed by atoms with Crippen molar-refractivity contribution in [2.75, 3.05) is 19.8 Å². The Kier molecular flexibility index (Phi) is 10.6. The maximum absolute atomic E-state index is 14.9. The van der Waals surface area contributed by atoms with Gasteiger partial charge >= 0.3 is 6.09 Å². The van der Waals surface area contributed by atoms with Crippen LogP contribution in [0.5, 0.6) is 11.6 Å². The zero-order valence-electron chi connectivity index (χ0n) is 29.8. The summed E-state index contributed by atoms with van der Waals surface area (Å²) in [6, 6.07) is 1.85. The van der Waals surface area contributed by atoms with Crippen LogP contribution in [0.25, 0.3) is 10.8 Å². The molecule has 2 aliphatic carbocycles. The fourth-order valence-corrected chi connectivity index (χ4v) is 8.97. The number of pyridine rings is 1. The molecular formula is C36H45F2N5O9S. The van der Waals surface area contributed by atoms with Crippen molar-refractivity contribution in [3.8, 4) is 11.6 Å². The molecule has 53 heavy (non-hydrogen) atoms. The molecule has 0 spiro atoms. The van der Waals surface area contributed by atoms with Crippen molar-refractivity contribution in [1.82, 2.24) is 25.2 Å². The Hall–Kier alpha value is -4.54. The summed E-state index contributed by atoms with van der Waals surface area (Å²) in [6.07, 6.45) is 4.54. The third-order valence-electron chi connectivity index (χ3n) is 10.9. The Balaban J connectivity index is 1.34. The lowest BCUT2D eigenvalue weighted by atomic mass is 9.88. The van der Waals surface area contributed by atoms with Gasteiger partial charge in [-0.05, 0) is 80.9 Å². The molecule has 17 heteroatoms. The minimum Gasteiger partial charge on any atom is -0.491 e. The molecule has 2 aliphatic heterocycles. The number of alkyl halides is 1. The van der Waals surface area contributed by atoms with Gasteiger partial charge in [0.25, 0.3) is 5.91 Å². The molecule has 1 aromatic heterocycles. The maximum Gasteiger partial charge on any atom is 0.405 e. The van der Waals surface area contributed by atoms with Gasteiger partial charge in [0.2, 0.25) is 27.7 Å². The molecule has 0 unspecified atom stereocenters. The Morgan fingerprint density at radius 3 is 2.62 bits per heavy atom. The highest BCUT2D eigenvalue weighted by Gasteiger charge is 2.64. The van der Waals surface area contributed by atoms with Gasteiger partial charge < -0.3 is 30.1 Å². The number of ether oxygens (including phenoxy) is 2. The number of carboxylic acid groups (broad SMARTS) is 1. The van der Waals surface area contributed by atoms with E-state index in [-0.39, 0.29) is 56.4 Å². The van der Waals surface area contributed by atoms with Crippen molar-refractivity contribution in [3.05, 3.63) is 42.4 Å². The number of carbonyl (C=O) groups is 4. The van der Waals surface area contributed by atoms with Crippen molar-refractivity contribution in [1.29, 1.82) is 0 Å². The van der Waals surface area contributed by atoms with Gasteiger partial charge in [0.15, 0.2) is 11.6 Å². The molecule has 1 aromatic carbocycles. The predicted molar refractivity (Wildman–Crippen MR) is 188 cm³/mol. The summed E-state index contributed by atoms with van der Waals surface area (Å²) in [7, 11) is -4.41. The Labute approximate surface area is 306 Å². The third kappa shape index (κ3) is 7.62. The van der Waals surface area contributed by atoms with Crippen molar-refractivity contribution < 1.29 is 51.0 Å². The molecule has 4 N–H and O–H groups in total. The summed E-state index contributed by atoms with van der Waals surface area (Å²) in [5.41, 5.74) is -1.70. The van der Waals surface area contributed by atoms with Gasteiger partial charge in [-0.3, -0.25) is 19.1 Å². The molecule has 1 saturated heterocycles. The number of allylic oxidation sites excluding steroid dienone is 1. The van der Waals surface area contributed by atoms with E-state index in [1.54, 1.807) is 26.0 Å². The number of carbonyl (C=O) groups excluding carboxylic acids is 3. The zero-order chi connectivity index (χ0) is 38.3. The van der Waals surface area contributed by atoms with Crippen LogP contribution in [0.3, 0.4) is 0 Å². The Bertz CT molecular complexity index is 1930. The average molecular weight is 762 g/mol. The molecule has 2 saturated carbocycles. The SMILES string of the molecule is CCOc1cc2ccnc(O[C@@H]3C[C@H]4C(=O)N[C@]5(C(=O)NS(=O)(=O)C6(CF)CC6)C[C@H]5C=CCC[C@@H](C)C[C@@H](C)[C@H](NC(=O)O)C(=O)N4C3)c2cc1F. The fraction of sp³-hybridized carbons (Fsp3) is 0.583. The van der Waals surface area contributed by atoms with Crippen LogP contribution in [0.15, 0.2) is 36.5 Å². The van der Waals surface area contributed by atoms with Crippen LogP contribution in [0.2, 0.25) is 0 Å². The molecule has 0 radical (unpaired) electrons. The Morgan fingerprint density at radius 2 is 1.94 bits per heavy atom. The number of amides is 4. The van der Waals surface area contributed by atoms with Gasteiger partial charge in [-0.15, -0.1) is 0 Å². The van der Waals surface area contributed by atoms with Gasteiger partial charge in [-0.1, -0.05) is 26.0 Å². The summed E-state index contributed by atoms with van der Waals surface area (Å²) in [4.78, 5) is 59.8. The number of hydrogen-bond donors (Lipinski definition) is 4. The number of hydrogen-bond acceptors (Lipinski definition) is 9. The first kappa shape index (κ1) is 38.2. The highest BCUT2D eigenvalue weighted by molar-refractivity contribution is 7.91. The highest BCUT2D eigenvalue weighted by atomic mass is 32.2. The first-order valence-corrected chi connectivity index (χ1v) is 19.4. The summed E-state index contributed by atoms with van der Waals surface area (Å²) in [5.74, 6) is -4.05. The van der Waals surface area contributed by atoms with Gasteiger partial charge in [-0.25, -0.2) is 27.0 Å². The van der Waals surface area contributed by atoms with E-state index in [4.69, 9.17) is 9.47 Å². The number of sulfonamides is 1. The monoisotopic (exact) mass is 761 g/mol. The van der Waals surface area contributed by atoms with Crippen LogP contribution in [-0.2, 0) is 24.4 Å². The fourth-order valence-electron chi connectivity index (χ4n) is 7.55. The van der Waals surface area contributed by atoms with E-state index in [1.807, 2.05) is 17.7 Å². The molecule has 6 rings (SSSR count). The molecule has 2 aromatic rings. The van der Waals surface area contributed by atoms with E-state index < -0.39 is 86.6 Å². The Morgan fingerprint density at radius 1 is 1.19 bits per heavy atom. The summed E-state index contributed by atoms with van der Waals surface area (Å²) in [6.45, 7) is 4.36. The van der Waals surface area contributed by atoms with Gasteiger partial charge in [0.1, 0.15) is 35.1 Å². The normalized spacial score (nSPS) is 29.9. The second kappa shape index (κ2) is 14.7. The molecular weight excluding hydrogens is 716 g/mol. The molecule has 288 valence electrons. The third-order valence-corrected chi connectivity index (χ3v) is 13.0. The van der Waals surface area contributed by atoms with Gasteiger partial charge in [-0.2, -0.15) is 0 Å². The molecule has 4 amide bonds. The van der Waals surface area contributed by atoms with Gasteiger partial charge in [0, 0.05) is 23.9 Å². The molecule has 3 fully saturated rings. The first-order valence-electron chi connectivity index (χ1n) is 17.9. The number of halogens is 2. The van der Waals surface area contributed by atoms with Crippen LogP contribution >= 0.6 is 0 Å². The number of fused-ring (bicyclic) bond motifs is 3. The lowest BCUT2D eigenvalue weighted by Gasteiger charge is -2.32.